The van der Waals surface area contributed by atoms with Crippen molar-refractivity contribution >= 4 is 29.1 Å². The molecule has 1 aromatic carbocycles. The summed E-state index contributed by atoms with van der Waals surface area (Å²) >= 11 is 11.6. The van der Waals surface area contributed by atoms with Gasteiger partial charge in [0, 0.05) is 18.0 Å². The Morgan fingerprint density at radius 2 is 2.11 bits per heavy atom. The number of halogens is 2. The fourth-order valence-corrected chi connectivity index (χ4v) is 2.52. The van der Waals surface area contributed by atoms with Crippen LogP contribution in [0.3, 0.4) is 0 Å². The first-order valence-corrected chi connectivity index (χ1v) is 6.75. The summed E-state index contributed by atoms with van der Waals surface area (Å²) < 4.78 is 0. The molecule has 2 rings (SSSR count). The van der Waals surface area contributed by atoms with Gasteiger partial charge in [0.1, 0.15) is 0 Å². The highest BCUT2D eigenvalue weighted by Gasteiger charge is 2.25. The molecule has 0 spiro atoms. The summed E-state index contributed by atoms with van der Waals surface area (Å²) in [5.74, 6) is -0.0237. The van der Waals surface area contributed by atoms with E-state index in [4.69, 9.17) is 23.2 Å². The summed E-state index contributed by atoms with van der Waals surface area (Å²) in [6, 6.07) is 4.78. The molecular weight excluding hydrogens is 273 g/mol. The Morgan fingerprint density at radius 1 is 1.33 bits per heavy atom. The molecule has 0 heterocycles. The molecule has 0 radical (unpaired) electrons. The molecule has 3 nitrogen and oxygen atoms in total. The minimum absolute atomic E-state index is 0.164. The molecule has 1 amide bonds. The Bertz CT molecular complexity index is 451. The number of hydrogen-bond donors (Lipinski definition) is 2. The average Bonchev–Trinajstić information content (AvgIpc) is 2.75. The summed E-state index contributed by atoms with van der Waals surface area (Å²) in [5, 5.41) is 13.3. The van der Waals surface area contributed by atoms with Crippen molar-refractivity contribution in [1.29, 1.82) is 0 Å². The van der Waals surface area contributed by atoms with Crippen molar-refractivity contribution in [2.45, 2.75) is 25.4 Å². The van der Waals surface area contributed by atoms with Gasteiger partial charge in [-0.15, -0.1) is 0 Å². The SMILES string of the molecule is O=C(NCC1CCCC1O)c1ccc(Cl)c(Cl)c1. The fourth-order valence-electron chi connectivity index (χ4n) is 2.22. The number of hydrogen-bond acceptors (Lipinski definition) is 2. The van der Waals surface area contributed by atoms with Gasteiger partial charge in [-0.2, -0.15) is 0 Å². The van der Waals surface area contributed by atoms with E-state index in [1.165, 1.54) is 0 Å². The number of carbonyl (C=O) groups is 1. The molecule has 0 saturated heterocycles. The third-order valence-corrected chi connectivity index (χ3v) is 4.06. The van der Waals surface area contributed by atoms with Gasteiger partial charge in [-0.05, 0) is 31.0 Å². The highest BCUT2D eigenvalue weighted by atomic mass is 35.5. The summed E-state index contributed by atoms with van der Waals surface area (Å²) in [5.41, 5.74) is 0.483. The van der Waals surface area contributed by atoms with Crippen LogP contribution in [0, 0.1) is 5.92 Å². The van der Waals surface area contributed by atoms with Gasteiger partial charge in [-0.1, -0.05) is 29.6 Å². The lowest BCUT2D eigenvalue weighted by Gasteiger charge is -2.15. The Kier molecular flexibility index (Phi) is 4.49. The summed E-state index contributed by atoms with van der Waals surface area (Å²) in [7, 11) is 0. The lowest BCUT2D eigenvalue weighted by atomic mass is 10.1. The molecule has 2 atom stereocenters. The molecule has 0 aromatic heterocycles. The van der Waals surface area contributed by atoms with Crippen LogP contribution in [0.25, 0.3) is 0 Å². The molecule has 1 saturated carbocycles. The summed E-state index contributed by atoms with van der Waals surface area (Å²) in [4.78, 5) is 11.9. The van der Waals surface area contributed by atoms with Crippen molar-refractivity contribution in [2.75, 3.05) is 6.54 Å². The minimum Gasteiger partial charge on any atom is -0.393 e. The Morgan fingerprint density at radius 3 is 2.72 bits per heavy atom. The predicted molar refractivity (Wildman–Crippen MR) is 72.1 cm³/mol. The van der Waals surface area contributed by atoms with Gasteiger partial charge < -0.3 is 10.4 Å². The summed E-state index contributed by atoms with van der Waals surface area (Å²) in [6.07, 6.45) is 2.52. The van der Waals surface area contributed by atoms with E-state index in [2.05, 4.69) is 5.32 Å². The minimum atomic E-state index is -0.292. The zero-order valence-corrected chi connectivity index (χ0v) is 11.3. The maximum Gasteiger partial charge on any atom is 0.251 e. The molecule has 2 N–H and O–H groups in total. The number of aliphatic hydroxyl groups excluding tert-OH is 1. The number of nitrogens with one attached hydrogen (secondary N) is 1. The predicted octanol–water partition coefficient (Wildman–Crippen LogP) is 2.88. The van der Waals surface area contributed by atoms with Crippen molar-refractivity contribution in [3.8, 4) is 0 Å². The van der Waals surface area contributed by atoms with Crippen molar-refractivity contribution in [3.05, 3.63) is 33.8 Å². The van der Waals surface area contributed by atoms with Gasteiger partial charge in [-0.3, -0.25) is 4.79 Å². The lowest BCUT2D eigenvalue weighted by Crippen LogP contribution is -2.32. The molecule has 1 aliphatic carbocycles. The second kappa shape index (κ2) is 5.91. The average molecular weight is 288 g/mol. The number of aliphatic hydroxyl groups is 1. The van der Waals surface area contributed by atoms with Crippen LogP contribution in [0.2, 0.25) is 10.0 Å². The molecule has 18 heavy (non-hydrogen) atoms. The number of carbonyl (C=O) groups excluding carboxylic acids is 1. The van der Waals surface area contributed by atoms with Crippen LogP contribution in [0.1, 0.15) is 29.6 Å². The monoisotopic (exact) mass is 287 g/mol. The van der Waals surface area contributed by atoms with Crippen LogP contribution < -0.4 is 5.32 Å². The normalized spacial score (nSPS) is 23.1. The first-order valence-electron chi connectivity index (χ1n) is 5.99. The highest BCUT2D eigenvalue weighted by molar-refractivity contribution is 6.42. The van der Waals surface area contributed by atoms with Crippen molar-refractivity contribution < 1.29 is 9.90 Å². The number of benzene rings is 1. The first-order chi connectivity index (χ1) is 8.58. The van der Waals surface area contributed by atoms with E-state index >= 15 is 0 Å². The van der Waals surface area contributed by atoms with Crippen LogP contribution in [0.4, 0.5) is 0 Å². The molecule has 0 aliphatic heterocycles. The van der Waals surface area contributed by atoms with E-state index < -0.39 is 0 Å². The molecule has 1 aromatic rings. The van der Waals surface area contributed by atoms with E-state index in [9.17, 15) is 9.90 Å². The molecule has 5 heteroatoms. The van der Waals surface area contributed by atoms with Crippen molar-refractivity contribution in [2.24, 2.45) is 5.92 Å². The third kappa shape index (κ3) is 3.16. The number of rotatable bonds is 3. The Balaban J connectivity index is 1.93. The standard InChI is InChI=1S/C13H15Cl2NO2/c14-10-5-4-8(6-11(10)15)13(18)16-7-9-2-1-3-12(9)17/h4-6,9,12,17H,1-3,7H2,(H,16,18). The van der Waals surface area contributed by atoms with Crippen molar-refractivity contribution in [1.82, 2.24) is 5.32 Å². The Labute approximate surface area is 116 Å². The van der Waals surface area contributed by atoms with Gasteiger partial charge >= 0.3 is 0 Å². The lowest BCUT2D eigenvalue weighted by molar-refractivity contribution is 0.0917. The maximum atomic E-state index is 11.9. The third-order valence-electron chi connectivity index (χ3n) is 3.33. The van der Waals surface area contributed by atoms with Crippen LogP contribution >= 0.6 is 23.2 Å². The molecule has 1 fully saturated rings. The second-order valence-electron chi connectivity index (χ2n) is 4.60. The molecule has 0 bridgehead atoms. The van der Waals surface area contributed by atoms with Gasteiger partial charge in [0.25, 0.3) is 5.91 Å². The topological polar surface area (TPSA) is 49.3 Å². The molecule has 1 aliphatic rings. The number of amides is 1. The van der Waals surface area contributed by atoms with Crippen LogP contribution in [0.15, 0.2) is 18.2 Å². The smallest absolute Gasteiger partial charge is 0.251 e. The largest absolute Gasteiger partial charge is 0.393 e. The Hall–Kier alpha value is -0.770. The van der Waals surface area contributed by atoms with Gasteiger partial charge in [-0.25, -0.2) is 0 Å². The first kappa shape index (κ1) is 13.7. The molecule has 2 unspecified atom stereocenters. The van der Waals surface area contributed by atoms with E-state index in [0.29, 0.717) is 22.2 Å². The fraction of sp³-hybridized carbons (Fsp3) is 0.462. The van der Waals surface area contributed by atoms with Crippen LogP contribution in [0.5, 0.6) is 0 Å². The second-order valence-corrected chi connectivity index (χ2v) is 5.41. The van der Waals surface area contributed by atoms with Crippen LogP contribution in [-0.4, -0.2) is 23.7 Å². The van der Waals surface area contributed by atoms with Crippen molar-refractivity contribution in [3.63, 3.8) is 0 Å². The van der Waals surface area contributed by atoms with Gasteiger partial charge in [0.05, 0.1) is 16.1 Å². The quantitative estimate of drug-likeness (QED) is 0.898. The van der Waals surface area contributed by atoms with E-state index in [1.54, 1.807) is 18.2 Å². The van der Waals surface area contributed by atoms with E-state index in [1.807, 2.05) is 0 Å². The van der Waals surface area contributed by atoms with Gasteiger partial charge in [0.15, 0.2) is 0 Å². The molecular formula is C13H15Cl2NO2. The van der Waals surface area contributed by atoms with Crippen LogP contribution in [-0.2, 0) is 0 Å². The summed E-state index contributed by atoms with van der Waals surface area (Å²) in [6.45, 7) is 0.500. The van der Waals surface area contributed by atoms with Gasteiger partial charge in [0.2, 0.25) is 0 Å². The zero-order chi connectivity index (χ0) is 13.1. The zero-order valence-electron chi connectivity index (χ0n) is 9.83. The van der Waals surface area contributed by atoms with E-state index in [-0.39, 0.29) is 17.9 Å². The maximum absolute atomic E-state index is 11.9. The highest BCUT2D eigenvalue weighted by Crippen LogP contribution is 2.25. The van der Waals surface area contributed by atoms with E-state index in [0.717, 1.165) is 19.3 Å². The molecule has 98 valence electrons.